The molecule has 2 saturated heterocycles. The molecule has 0 saturated carbocycles. The van der Waals surface area contributed by atoms with Crippen LogP contribution in [-0.2, 0) is 11.3 Å². The predicted octanol–water partition coefficient (Wildman–Crippen LogP) is 1.95. The number of carbonyl (C=O) groups excluding carboxylic acids is 1. The second-order valence-corrected chi connectivity index (χ2v) is 8.19. The Kier molecular flexibility index (Phi) is 6.71. The van der Waals surface area contributed by atoms with Crippen LogP contribution in [0.3, 0.4) is 0 Å². The van der Waals surface area contributed by atoms with Crippen molar-refractivity contribution in [2.45, 2.75) is 6.54 Å². The number of rotatable bonds is 6. The van der Waals surface area contributed by atoms with E-state index in [-0.39, 0.29) is 5.91 Å². The number of ether oxygens (including phenoxy) is 3. The number of carbonyl (C=O) groups is 1. The van der Waals surface area contributed by atoms with Crippen molar-refractivity contribution in [2.75, 3.05) is 71.6 Å². The zero-order chi connectivity index (χ0) is 20.9. The van der Waals surface area contributed by atoms with Gasteiger partial charge in [-0.2, -0.15) is 0 Å². The van der Waals surface area contributed by atoms with Crippen molar-refractivity contribution >= 4 is 22.4 Å². The lowest BCUT2D eigenvalue weighted by molar-refractivity contribution is 0.0337. The third-order valence-electron chi connectivity index (χ3n) is 5.51. The molecule has 2 aromatic rings. The van der Waals surface area contributed by atoms with Gasteiger partial charge in [0.05, 0.1) is 38.7 Å². The van der Waals surface area contributed by atoms with Gasteiger partial charge in [0.1, 0.15) is 11.5 Å². The van der Waals surface area contributed by atoms with Gasteiger partial charge in [-0.1, -0.05) is 0 Å². The fourth-order valence-corrected chi connectivity index (χ4v) is 4.62. The second kappa shape index (κ2) is 9.63. The minimum absolute atomic E-state index is 0.0127. The largest absolute Gasteiger partial charge is 0.497 e. The lowest BCUT2D eigenvalue weighted by Crippen LogP contribution is -2.48. The number of piperazine rings is 1. The molecule has 0 atom stereocenters. The van der Waals surface area contributed by atoms with Gasteiger partial charge in [0.2, 0.25) is 0 Å². The summed E-state index contributed by atoms with van der Waals surface area (Å²) in [6, 6.07) is 5.30. The molecule has 0 N–H and O–H groups in total. The van der Waals surface area contributed by atoms with Gasteiger partial charge >= 0.3 is 0 Å². The molecule has 0 spiro atoms. The summed E-state index contributed by atoms with van der Waals surface area (Å²) in [6.45, 7) is 7.25. The zero-order valence-electron chi connectivity index (χ0n) is 17.5. The number of anilines is 1. The average Bonchev–Trinajstić information content (AvgIpc) is 3.27. The molecule has 162 valence electrons. The summed E-state index contributed by atoms with van der Waals surface area (Å²) in [7, 11) is 3.17. The number of aromatic nitrogens is 1. The molecule has 2 fully saturated rings. The Hall–Kier alpha value is -2.36. The fourth-order valence-electron chi connectivity index (χ4n) is 3.75. The predicted molar refractivity (Wildman–Crippen MR) is 116 cm³/mol. The molecule has 0 radical (unpaired) electrons. The van der Waals surface area contributed by atoms with Crippen LogP contribution in [0.1, 0.15) is 16.1 Å². The maximum Gasteiger partial charge on any atom is 0.257 e. The van der Waals surface area contributed by atoms with Crippen LogP contribution in [-0.4, -0.2) is 87.4 Å². The van der Waals surface area contributed by atoms with Crippen LogP contribution in [0.25, 0.3) is 0 Å². The first-order chi connectivity index (χ1) is 14.7. The number of methoxy groups -OCH3 is 2. The zero-order valence-corrected chi connectivity index (χ0v) is 18.3. The maximum absolute atomic E-state index is 13.0. The molecule has 0 unspecified atom stereocenters. The Labute approximate surface area is 180 Å². The Morgan fingerprint density at radius 3 is 2.57 bits per heavy atom. The van der Waals surface area contributed by atoms with Crippen LogP contribution in [0, 0.1) is 0 Å². The molecule has 2 aliphatic heterocycles. The first-order valence-electron chi connectivity index (χ1n) is 10.2. The van der Waals surface area contributed by atoms with E-state index >= 15 is 0 Å². The third kappa shape index (κ3) is 4.69. The van der Waals surface area contributed by atoms with Crippen LogP contribution >= 0.6 is 11.3 Å². The van der Waals surface area contributed by atoms with E-state index < -0.39 is 0 Å². The Balaban J connectivity index is 1.34. The normalized spacial score (nSPS) is 17.8. The summed E-state index contributed by atoms with van der Waals surface area (Å²) in [4.78, 5) is 24.4. The summed E-state index contributed by atoms with van der Waals surface area (Å²) in [5.74, 6) is 1.20. The smallest absolute Gasteiger partial charge is 0.257 e. The molecule has 1 aromatic carbocycles. The van der Waals surface area contributed by atoms with Crippen molar-refractivity contribution in [1.29, 1.82) is 0 Å². The Morgan fingerprint density at radius 1 is 1.10 bits per heavy atom. The number of nitrogens with zero attached hydrogens (tertiary/aromatic N) is 4. The highest BCUT2D eigenvalue weighted by Crippen LogP contribution is 2.27. The maximum atomic E-state index is 13.0. The summed E-state index contributed by atoms with van der Waals surface area (Å²) < 4.78 is 16.0. The highest BCUT2D eigenvalue weighted by atomic mass is 32.1. The number of hydrogen-bond donors (Lipinski definition) is 0. The molecule has 8 nitrogen and oxygen atoms in total. The quantitative estimate of drug-likeness (QED) is 0.691. The van der Waals surface area contributed by atoms with Gasteiger partial charge in [0, 0.05) is 57.3 Å². The number of benzene rings is 1. The molecule has 0 bridgehead atoms. The number of amides is 1. The van der Waals surface area contributed by atoms with E-state index in [4.69, 9.17) is 19.2 Å². The molecule has 4 rings (SSSR count). The van der Waals surface area contributed by atoms with Crippen molar-refractivity contribution < 1.29 is 19.0 Å². The van der Waals surface area contributed by atoms with Crippen molar-refractivity contribution in [3.8, 4) is 11.5 Å². The van der Waals surface area contributed by atoms with Crippen LogP contribution in [0.2, 0.25) is 0 Å². The Morgan fingerprint density at radius 2 is 1.87 bits per heavy atom. The minimum Gasteiger partial charge on any atom is -0.497 e. The SMILES string of the molecule is COc1ccc(C(=O)N2CCN(c3nc(CN4CCOCC4)cs3)CC2)c(OC)c1. The highest BCUT2D eigenvalue weighted by Gasteiger charge is 2.26. The van der Waals surface area contributed by atoms with E-state index in [1.807, 2.05) is 4.90 Å². The third-order valence-corrected chi connectivity index (χ3v) is 6.46. The molecule has 1 aromatic heterocycles. The van der Waals surface area contributed by atoms with Crippen molar-refractivity contribution in [3.63, 3.8) is 0 Å². The van der Waals surface area contributed by atoms with Crippen molar-refractivity contribution in [2.24, 2.45) is 0 Å². The van der Waals surface area contributed by atoms with E-state index in [0.29, 0.717) is 30.2 Å². The summed E-state index contributed by atoms with van der Waals surface area (Å²) in [6.07, 6.45) is 0. The van der Waals surface area contributed by atoms with E-state index in [0.717, 1.165) is 56.8 Å². The second-order valence-electron chi connectivity index (χ2n) is 7.36. The molecule has 1 amide bonds. The van der Waals surface area contributed by atoms with Crippen LogP contribution in [0.5, 0.6) is 11.5 Å². The van der Waals surface area contributed by atoms with Crippen LogP contribution < -0.4 is 14.4 Å². The van der Waals surface area contributed by atoms with Crippen molar-refractivity contribution in [3.05, 3.63) is 34.8 Å². The number of hydrogen-bond acceptors (Lipinski definition) is 8. The first kappa shape index (κ1) is 20.9. The summed E-state index contributed by atoms with van der Waals surface area (Å²) >= 11 is 1.68. The standard InChI is InChI=1S/C21H28N4O4S/c1-27-17-3-4-18(19(13-17)28-2)20(26)24-5-7-25(8-6-24)21-22-16(15-30-21)14-23-9-11-29-12-10-23/h3-4,13,15H,5-12,14H2,1-2H3. The molecule has 3 heterocycles. The first-order valence-corrected chi connectivity index (χ1v) is 11.1. The number of morpholine rings is 1. The van der Waals surface area contributed by atoms with Gasteiger partial charge in [-0.3, -0.25) is 9.69 Å². The fraction of sp³-hybridized carbons (Fsp3) is 0.524. The molecule has 0 aliphatic carbocycles. The summed E-state index contributed by atoms with van der Waals surface area (Å²) in [5.41, 5.74) is 1.67. The summed E-state index contributed by atoms with van der Waals surface area (Å²) in [5, 5.41) is 3.18. The van der Waals surface area contributed by atoms with Gasteiger partial charge in [-0.15, -0.1) is 11.3 Å². The number of thiazole rings is 1. The minimum atomic E-state index is -0.0127. The van der Waals surface area contributed by atoms with Gasteiger partial charge in [0.15, 0.2) is 5.13 Å². The molecular weight excluding hydrogens is 404 g/mol. The molecular formula is C21H28N4O4S. The van der Waals surface area contributed by atoms with E-state index in [1.54, 1.807) is 43.8 Å². The monoisotopic (exact) mass is 432 g/mol. The van der Waals surface area contributed by atoms with E-state index in [9.17, 15) is 4.79 Å². The van der Waals surface area contributed by atoms with Gasteiger partial charge in [-0.05, 0) is 12.1 Å². The van der Waals surface area contributed by atoms with Crippen LogP contribution in [0.4, 0.5) is 5.13 Å². The lowest BCUT2D eigenvalue weighted by atomic mass is 10.1. The van der Waals surface area contributed by atoms with Gasteiger partial charge in [0.25, 0.3) is 5.91 Å². The van der Waals surface area contributed by atoms with Crippen LogP contribution in [0.15, 0.2) is 23.6 Å². The average molecular weight is 433 g/mol. The molecule has 9 heteroatoms. The van der Waals surface area contributed by atoms with Gasteiger partial charge < -0.3 is 24.0 Å². The molecule has 2 aliphatic rings. The topological polar surface area (TPSA) is 67.4 Å². The van der Waals surface area contributed by atoms with E-state index in [1.165, 1.54) is 0 Å². The Bertz CT molecular complexity index is 860. The lowest BCUT2D eigenvalue weighted by Gasteiger charge is -2.34. The highest BCUT2D eigenvalue weighted by molar-refractivity contribution is 7.13. The van der Waals surface area contributed by atoms with Crippen molar-refractivity contribution in [1.82, 2.24) is 14.8 Å². The molecule has 30 heavy (non-hydrogen) atoms. The van der Waals surface area contributed by atoms with Gasteiger partial charge in [-0.25, -0.2) is 4.98 Å². The van der Waals surface area contributed by atoms with E-state index in [2.05, 4.69) is 15.2 Å².